The molecule has 2 aliphatic rings. The molecule has 3 heterocycles. The van der Waals surface area contributed by atoms with Crippen LogP contribution in [0.2, 0.25) is 5.02 Å². The molecule has 0 radical (unpaired) electrons. The summed E-state index contributed by atoms with van der Waals surface area (Å²) in [5.74, 6) is 0.162. The molecule has 2 aliphatic heterocycles. The van der Waals surface area contributed by atoms with Crippen molar-refractivity contribution in [2.75, 3.05) is 42.6 Å². The second-order valence-corrected chi connectivity index (χ2v) is 7.58. The molecule has 4 rings (SSSR count). The van der Waals surface area contributed by atoms with Crippen molar-refractivity contribution in [3.05, 3.63) is 52.8 Å². The van der Waals surface area contributed by atoms with E-state index in [0.29, 0.717) is 42.1 Å². The van der Waals surface area contributed by atoms with Gasteiger partial charge in [-0.3, -0.25) is 19.4 Å². The Balaban J connectivity index is 1.68. The summed E-state index contributed by atoms with van der Waals surface area (Å²) in [7, 11) is 0. The highest BCUT2D eigenvalue weighted by molar-refractivity contribution is 7.80. The van der Waals surface area contributed by atoms with Crippen molar-refractivity contribution in [1.29, 1.82) is 0 Å². The molecule has 9 heteroatoms. The first-order chi connectivity index (χ1) is 14.5. The maximum absolute atomic E-state index is 13.2. The topological polar surface area (TPSA) is 66.2 Å². The zero-order chi connectivity index (χ0) is 21.3. The minimum atomic E-state index is -0.499. The van der Waals surface area contributed by atoms with Gasteiger partial charge in [0, 0.05) is 30.7 Å². The molecule has 0 atom stereocenters. The van der Waals surface area contributed by atoms with E-state index in [2.05, 4.69) is 4.90 Å². The molecule has 0 spiro atoms. The highest BCUT2D eigenvalue weighted by atomic mass is 35.5. The van der Waals surface area contributed by atoms with Crippen LogP contribution in [0.15, 0.2) is 46.4 Å². The third-order valence-corrected chi connectivity index (χ3v) is 5.61. The molecule has 7 nitrogen and oxygen atoms in total. The molecule has 0 aliphatic carbocycles. The number of rotatable bonds is 4. The van der Waals surface area contributed by atoms with Crippen molar-refractivity contribution in [1.82, 2.24) is 4.90 Å². The summed E-state index contributed by atoms with van der Waals surface area (Å²) in [6, 6.07) is 10.3. The van der Waals surface area contributed by atoms with Crippen LogP contribution in [0.4, 0.5) is 11.6 Å². The van der Waals surface area contributed by atoms with Crippen LogP contribution in [0.1, 0.15) is 12.7 Å². The minimum Gasteiger partial charge on any atom is -0.441 e. The minimum absolute atomic E-state index is 0.0109. The number of hydrogen-bond donors (Lipinski definition) is 0. The number of benzene rings is 1. The number of morpholine rings is 1. The molecular formula is C21H20ClN3O4S. The lowest BCUT2D eigenvalue weighted by Gasteiger charge is -2.35. The number of amides is 2. The lowest BCUT2D eigenvalue weighted by atomic mass is 10.1. The Morgan fingerprint density at radius 3 is 2.43 bits per heavy atom. The SMILES string of the molecule is CCN1C(=O)/C(=C\c2ccc(N3CCOCC3)o2)C(=O)N(c2ccc(Cl)cc2)C1=S. The fraction of sp³-hybridized carbons (Fsp3) is 0.286. The third-order valence-electron chi connectivity index (χ3n) is 4.95. The lowest BCUT2D eigenvalue weighted by molar-refractivity contribution is -0.127. The van der Waals surface area contributed by atoms with Crippen molar-refractivity contribution in [2.24, 2.45) is 0 Å². The smallest absolute Gasteiger partial charge is 0.270 e. The fourth-order valence-corrected chi connectivity index (χ4v) is 3.91. The van der Waals surface area contributed by atoms with Gasteiger partial charge in [0.25, 0.3) is 11.8 Å². The highest BCUT2D eigenvalue weighted by Gasteiger charge is 2.39. The Hall–Kier alpha value is -2.68. The van der Waals surface area contributed by atoms with Crippen molar-refractivity contribution in [3.63, 3.8) is 0 Å². The Bertz CT molecular complexity index is 1010. The number of thiocarbonyl (C=S) groups is 1. The summed E-state index contributed by atoms with van der Waals surface area (Å²) in [5.41, 5.74) is 0.531. The quantitative estimate of drug-likeness (QED) is 0.408. The van der Waals surface area contributed by atoms with Gasteiger partial charge in [0.2, 0.25) is 0 Å². The maximum Gasteiger partial charge on any atom is 0.270 e. The Kier molecular flexibility index (Phi) is 5.90. The zero-order valence-corrected chi connectivity index (χ0v) is 17.9. The molecule has 0 N–H and O–H groups in total. The maximum atomic E-state index is 13.2. The molecule has 2 saturated heterocycles. The van der Waals surface area contributed by atoms with E-state index in [1.807, 2.05) is 6.07 Å². The van der Waals surface area contributed by atoms with Gasteiger partial charge < -0.3 is 14.1 Å². The van der Waals surface area contributed by atoms with E-state index in [9.17, 15) is 9.59 Å². The van der Waals surface area contributed by atoms with Gasteiger partial charge >= 0.3 is 0 Å². The first-order valence-electron chi connectivity index (χ1n) is 9.59. The van der Waals surface area contributed by atoms with Gasteiger partial charge in [-0.05, 0) is 55.5 Å². The number of ether oxygens (including phenoxy) is 1. The van der Waals surface area contributed by atoms with Crippen molar-refractivity contribution < 1.29 is 18.7 Å². The summed E-state index contributed by atoms with van der Waals surface area (Å²) >= 11 is 11.4. The van der Waals surface area contributed by atoms with Gasteiger partial charge in [-0.2, -0.15) is 0 Å². The molecule has 2 amide bonds. The molecule has 156 valence electrons. The Morgan fingerprint density at radius 2 is 1.77 bits per heavy atom. The molecule has 1 aromatic heterocycles. The largest absolute Gasteiger partial charge is 0.441 e. The van der Waals surface area contributed by atoms with E-state index < -0.39 is 11.8 Å². The summed E-state index contributed by atoms with van der Waals surface area (Å²) in [4.78, 5) is 31.0. The Labute approximate surface area is 184 Å². The zero-order valence-electron chi connectivity index (χ0n) is 16.3. The first kappa shape index (κ1) is 20.6. The average Bonchev–Trinajstić information content (AvgIpc) is 3.22. The summed E-state index contributed by atoms with van der Waals surface area (Å²) in [6.45, 7) is 4.86. The van der Waals surface area contributed by atoms with Crippen LogP contribution in [0.3, 0.4) is 0 Å². The number of nitrogens with zero attached hydrogens (tertiary/aromatic N) is 3. The van der Waals surface area contributed by atoms with E-state index in [-0.39, 0.29) is 10.7 Å². The summed E-state index contributed by atoms with van der Waals surface area (Å²) in [5, 5.41) is 0.681. The number of furan rings is 1. The number of anilines is 2. The van der Waals surface area contributed by atoms with Crippen LogP contribution in [0.5, 0.6) is 0 Å². The number of halogens is 1. The monoisotopic (exact) mass is 445 g/mol. The molecule has 2 fully saturated rings. The van der Waals surface area contributed by atoms with Crippen molar-refractivity contribution in [2.45, 2.75) is 6.92 Å². The lowest BCUT2D eigenvalue weighted by Crippen LogP contribution is -2.56. The van der Waals surface area contributed by atoms with Gasteiger partial charge in [0.15, 0.2) is 11.0 Å². The number of carbonyl (C=O) groups is 2. The van der Waals surface area contributed by atoms with Crippen LogP contribution in [-0.4, -0.2) is 54.7 Å². The molecule has 0 saturated carbocycles. The number of hydrogen-bond acceptors (Lipinski definition) is 6. The molecule has 0 bridgehead atoms. The Morgan fingerprint density at radius 1 is 1.07 bits per heavy atom. The van der Waals surface area contributed by atoms with Crippen molar-refractivity contribution >= 4 is 58.4 Å². The van der Waals surface area contributed by atoms with Crippen molar-refractivity contribution in [3.8, 4) is 0 Å². The van der Waals surface area contributed by atoms with Crippen LogP contribution >= 0.6 is 23.8 Å². The van der Waals surface area contributed by atoms with E-state index in [1.165, 1.54) is 15.9 Å². The van der Waals surface area contributed by atoms with Gasteiger partial charge in [-0.15, -0.1) is 0 Å². The molecule has 0 unspecified atom stereocenters. The predicted molar refractivity (Wildman–Crippen MR) is 119 cm³/mol. The second kappa shape index (κ2) is 8.59. The normalized spacial score (nSPS) is 19.2. The van der Waals surface area contributed by atoms with E-state index in [0.717, 1.165) is 13.1 Å². The van der Waals surface area contributed by atoms with Crippen LogP contribution in [0, 0.1) is 0 Å². The standard InChI is InChI=1S/C21H20ClN3O4S/c1-2-24-19(26)17(13-16-7-8-18(29-16)23-9-11-28-12-10-23)20(27)25(21(24)30)15-5-3-14(22)4-6-15/h3-8,13H,2,9-12H2,1H3/b17-13+. The molecule has 1 aromatic carbocycles. The van der Waals surface area contributed by atoms with Gasteiger partial charge in [-0.1, -0.05) is 11.6 Å². The summed E-state index contributed by atoms with van der Waals surface area (Å²) in [6.07, 6.45) is 1.47. The second-order valence-electron chi connectivity index (χ2n) is 6.78. The van der Waals surface area contributed by atoms with Crippen LogP contribution < -0.4 is 9.80 Å². The van der Waals surface area contributed by atoms with Crippen LogP contribution in [0.25, 0.3) is 6.08 Å². The van der Waals surface area contributed by atoms with Gasteiger partial charge in [0.1, 0.15) is 11.3 Å². The van der Waals surface area contributed by atoms with Gasteiger partial charge in [-0.25, -0.2) is 0 Å². The molecule has 30 heavy (non-hydrogen) atoms. The number of carbonyl (C=O) groups excluding carboxylic acids is 2. The predicted octanol–water partition coefficient (Wildman–Crippen LogP) is 3.33. The van der Waals surface area contributed by atoms with E-state index in [4.69, 9.17) is 33.0 Å². The molecule has 2 aromatic rings. The van der Waals surface area contributed by atoms with E-state index in [1.54, 1.807) is 37.3 Å². The summed E-state index contributed by atoms with van der Waals surface area (Å²) < 4.78 is 11.2. The number of likely N-dealkylation sites (N-methyl/N-ethyl adjacent to an activating group) is 1. The van der Waals surface area contributed by atoms with Gasteiger partial charge in [0.05, 0.1) is 18.9 Å². The first-order valence-corrected chi connectivity index (χ1v) is 10.4. The highest BCUT2D eigenvalue weighted by Crippen LogP contribution is 2.28. The average molecular weight is 446 g/mol. The molecular weight excluding hydrogens is 426 g/mol. The third kappa shape index (κ3) is 3.86. The fourth-order valence-electron chi connectivity index (χ4n) is 3.39. The van der Waals surface area contributed by atoms with Crippen LogP contribution in [-0.2, 0) is 14.3 Å². The van der Waals surface area contributed by atoms with E-state index >= 15 is 0 Å².